The van der Waals surface area contributed by atoms with Crippen LogP contribution in [0.3, 0.4) is 0 Å². The van der Waals surface area contributed by atoms with Crippen LogP contribution >= 0.6 is 11.8 Å². The Morgan fingerprint density at radius 1 is 0.722 bits per heavy atom. The van der Waals surface area contributed by atoms with Crippen LogP contribution in [0.1, 0.15) is 90.5 Å². The molecule has 2 rings (SSSR count). The molecule has 0 saturated carbocycles. The number of carboxylic acid groups (broad SMARTS) is 4. The Balaban J connectivity index is 1.99. The Morgan fingerprint density at radius 3 is 1.81 bits per heavy atom. The molecule has 1 aliphatic rings. The van der Waals surface area contributed by atoms with E-state index < -0.39 is 156 Å². The summed E-state index contributed by atoms with van der Waals surface area (Å²) in [6.07, 6.45) is -2.93. The maximum Gasteiger partial charge on any atom is 0.327 e. The van der Waals surface area contributed by atoms with Crippen LogP contribution in [0.2, 0.25) is 0 Å². The minimum absolute atomic E-state index is 0.0135. The van der Waals surface area contributed by atoms with Gasteiger partial charge in [0.05, 0.1) is 30.6 Å². The number of unbranched alkanes of at least 4 members (excludes halogenated alkanes) is 2. The molecule has 436 valence electrons. The van der Waals surface area contributed by atoms with Crippen LogP contribution in [0.25, 0.3) is 0 Å². The van der Waals surface area contributed by atoms with Crippen molar-refractivity contribution in [3.8, 4) is 0 Å². The number of nitrogens with zero attached hydrogens (tertiary/aromatic N) is 1. The molecule has 9 amide bonds. The van der Waals surface area contributed by atoms with Crippen molar-refractivity contribution in [3.05, 3.63) is 29.8 Å². The Hall–Kier alpha value is -8.42. The van der Waals surface area contributed by atoms with E-state index in [1.165, 1.54) is 6.92 Å². The summed E-state index contributed by atoms with van der Waals surface area (Å²) in [5.74, 6) is -15.9. The van der Waals surface area contributed by atoms with E-state index in [9.17, 15) is 82.4 Å². The maximum absolute atomic E-state index is 13.4. The highest BCUT2D eigenvalue weighted by atomic mass is 32.2. The number of imide groups is 1. The van der Waals surface area contributed by atoms with Gasteiger partial charge in [0.25, 0.3) is 6.47 Å². The number of nitrogens with two attached hydrogens (primary N) is 2. The lowest BCUT2D eigenvalue weighted by Crippen LogP contribution is -2.59. The fourth-order valence-electron chi connectivity index (χ4n) is 7.29. The number of guanidine groups is 1. The summed E-state index contributed by atoms with van der Waals surface area (Å²) in [5, 5.41) is 62.9. The van der Waals surface area contributed by atoms with E-state index in [0.29, 0.717) is 42.3 Å². The molecule has 0 bridgehead atoms. The van der Waals surface area contributed by atoms with Crippen molar-refractivity contribution in [2.75, 3.05) is 24.2 Å². The third-order valence-corrected chi connectivity index (χ3v) is 12.8. The second-order valence-electron chi connectivity index (χ2n) is 18.3. The van der Waals surface area contributed by atoms with E-state index in [-0.39, 0.29) is 57.7 Å². The summed E-state index contributed by atoms with van der Waals surface area (Å²) < 4.78 is 4.69. The molecule has 0 spiro atoms. The van der Waals surface area contributed by atoms with Crippen molar-refractivity contribution in [1.82, 2.24) is 42.1 Å². The number of rotatable bonds is 37. The van der Waals surface area contributed by atoms with Crippen LogP contribution in [0.4, 0.5) is 5.69 Å². The van der Waals surface area contributed by atoms with E-state index in [1.807, 2.05) is 5.32 Å². The predicted octanol–water partition coefficient (Wildman–Crippen LogP) is -3.60. The van der Waals surface area contributed by atoms with Gasteiger partial charge in [0, 0.05) is 37.4 Å². The van der Waals surface area contributed by atoms with Gasteiger partial charge < -0.3 is 79.2 Å². The number of hydrogen-bond acceptors (Lipinski definition) is 18. The zero-order valence-corrected chi connectivity index (χ0v) is 44.2. The van der Waals surface area contributed by atoms with Crippen molar-refractivity contribution >= 4 is 107 Å². The molecule has 1 fully saturated rings. The van der Waals surface area contributed by atoms with E-state index >= 15 is 0 Å². The molecule has 17 N–H and O–H groups in total. The van der Waals surface area contributed by atoms with Gasteiger partial charge in [-0.15, -0.1) is 11.8 Å². The third-order valence-electron chi connectivity index (χ3n) is 11.5. The smallest absolute Gasteiger partial charge is 0.327 e. The molecule has 0 aromatic heterocycles. The first-order valence-corrected chi connectivity index (χ1v) is 25.6. The Kier molecular flexibility index (Phi) is 28.4. The number of aliphatic carboxylic acids is 4. The summed E-state index contributed by atoms with van der Waals surface area (Å²) in [4.78, 5) is 176. The number of amides is 9. The van der Waals surface area contributed by atoms with Crippen molar-refractivity contribution in [3.63, 3.8) is 0 Å². The van der Waals surface area contributed by atoms with Gasteiger partial charge in [-0.1, -0.05) is 32.4 Å². The quantitative estimate of drug-likeness (QED) is 0.0101. The van der Waals surface area contributed by atoms with E-state index in [1.54, 1.807) is 38.1 Å². The van der Waals surface area contributed by atoms with Crippen LogP contribution in [-0.2, 0) is 78.5 Å². The molecule has 1 saturated heterocycles. The zero-order valence-electron chi connectivity index (χ0n) is 43.4. The standard InChI is InChI=1S/C47H68N12O19S/c1-23(2)38(44(74)52-24(3)39(69)53-26-12-10-25(11-13-26)20-78-22-60)58-33(61)9-5-4-6-15-59-34(62)19-32(45(59)75)79-21-31(46(76)77)57-43(73)30(18-37(67)68)56-42(72)29(17-36(65)66)55-41(71)28(8-7-14-51-47(49)50)54-40(70)27(48)16-35(63)64/h10-13,22-24,27-32,38H,4-9,14-21,48H2,1-3H3,(H,52,74)(H,53,69)(H,54,70)(H,55,71)(H,56,72)(H,57,73)(H,58,61)(H,63,64)(H,65,66)(H,67,68)(H,76,77)(H4,49,50,51)/t24-,27-,28-,29-,30-,31-,32?,38?/m0/s1. The second kappa shape index (κ2) is 33.7. The molecule has 79 heavy (non-hydrogen) atoms. The molecule has 8 atom stereocenters. The van der Waals surface area contributed by atoms with Crippen LogP contribution in [0.15, 0.2) is 24.3 Å². The van der Waals surface area contributed by atoms with Gasteiger partial charge in [-0.2, -0.15) is 0 Å². The number of likely N-dealkylation sites (tertiary alicyclic amines) is 1. The SMILES string of the molecule is CC(C)C(NC(=O)CCCCCN1C(=O)CC(SC[C@H](NC(=O)[C@H](CC(=O)O)NC(=O)[C@H](CC(=O)O)NC(=O)[C@H](CCCNC(=N)N)NC(=O)[C@@H](N)CC(=O)O)C(=O)O)C1=O)C(=O)N[C@@H](C)C(=O)Nc1ccc(COC=O)cc1. The van der Waals surface area contributed by atoms with Crippen LogP contribution in [0.5, 0.6) is 0 Å². The molecule has 1 heterocycles. The van der Waals surface area contributed by atoms with Gasteiger partial charge in [0.15, 0.2) is 5.96 Å². The fraction of sp³-hybridized carbons (Fsp3) is 0.553. The van der Waals surface area contributed by atoms with E-state index in [4.69, 9.17) is 26.7 Å². The monoisotopic (exact) mass is 1140 g/mol. The van der Waals surface area contributed by atoms with Crippen LogP contribution in [0, 0.1) is 11.3 Å². The average molecular weight is 1140 g/mol. The van der Waals surface area contributed by atoms with Crippen molar-refractivity contribution < 1.29 is 92.3 Å². The summed E-state index contributed by atoms with van der Waals surface area (Å²) in [5.41, 5.74) is 12.0. The Labute approximate surface area is 456 Å². The number of carboxylic acids is 4. The Bertz CT molecular complexity index is 2410. The fourth-order valence-corrected chi connectivity index (χ4v) is 8.47. The lowest BCUT2D eigenvalue weighted by molar-refractivity contribution is -0.144. The molecule has 2 unspecified atom stereocenters. The van der Waals surface area contributed by atoms with Gasteiger partial charge in [0.1, 0.15) is 42.9 Å². The van der Waals surface area contributed by atoms with Crippen molar-refractivity contribution in [1.29, 1.82) is 5.41 Å². The zero-order chi connectivity index (χ0) is 59.5. The number of thioether (sulfide) groups is 1. The maximum atomic E-state index is 13.4. The molecule has 1 aromatic carbocycles. The van der Waals surface area contributed by atoms with Crippen molar-refractivity contribution in [2.24, 2.45) is 17.4 Å². The molecule has 0 radical (unpaired) electrons. The van der Waals surface area contributed by atoms with Gasteiger partial charge >= 0.3 is 23.9 Å². The molecule has 32 heteroatoms. The lowest BCUT2D eigenvalue weighted by Gasteiger charge is -2.25. The summed E-state index contributed by atoms with van der Waals surface area (Å²) >= 11 is 0.689. The number of anilines is 1. The first-order valence-electron chi connectivity index (χ1n) is 24.6. The number of ether oxygens (including phenoxy) is 1. The molecule has 0 aliphatic carbocycles. The highest BCUT2D eigenvalue weighted by molar-refractivity contribution is 8.00. The molecule has 31 nitrogen and oxygen atoms in total. The number of hydrogen-bond donors (Lipinski definition) is 15. The topological polar surface area (TPSA) is 504 Å². The normalized spacial score (nSPS) is 15.6. The molecule has 1 aromatic rings. The van der Waals surface area contributed by atoms with Gasteiger partial charge in [-0.05, 0) is 56.2 Å². The molecular weight excluding hydrogens is 1070 g/mol. The summed E-state index contributed by atoms with van der Waals surface area (Å²) in [6.45, 7) is 5.16. The summed E-state index contributed by atoms with van der Waals surface area (Å²) in [7, 11) is 0. The predicted molar refractivity (Wildman–Crippen MR) is 276 cm³/mol. The number of carbonyl (C=O) groups excluding carboxylic acids is 10. The highest BCUT2D eigenvalue weighted by Gasteiger charge is 2.40. The van der Waals surface area contributed by atoms with Gasteiger partial charge in [-0.25, -0.2) is 4.79 Å². The molecule has 1 aliphatic heterocycles. The largest absolute Gasteiger partial charge is 0.481 e. The number of nitrogens with one attached hydrogen (secondary N) is 9. The second-order valence-corrected chi connectivity index (χ2v) is 19.5. The number of benzene rings is 1. The lowest BCUT2D eigenvalue weighted by atomic mass is 10.0. The molecular formula is C47H68N12O19S. The highest BCUT2D eigenvalue weighted by Crippen LogP contribution is 2.26. The van der Waals surface area contributed by atoms with Crippen LogP contribution < -0.4 is 54.0 Å². The number of carbonyl (C=O) groups is 14. The average Bonchev–Trinajstić information content (AvgIpc) is 3.63. The summed E-state index contributed by atoms with van der Waals surface area (Å²) in [6, 6.07) is -4.76. The first-order chi connectivity index (χ1) is 37.1. The Morgan fingerprint density at radius 2 is 1.28 bits per heavy atom. The van der Waals surface area contributed by atoms with Gasteiger partial charge in [-0.3, -0.25) is 72.6 Å². The van der Waals surface area contributed by atoms with E-state index in [0.717, 1.165) is 4.90 Å². The van der Waals surface area contributed by atoms with E-state index in [2.05, 4.69) is 37.2 Å². The van der Waals surface area contributed by atoms with Gasteiger partial charge in [0.2, 0.25) is 53.2 Å². The van der Waals surface area contributed by atoms with Crippen LogP contribution in [-0.4, -0.2) is 181 Å². The minimum atomic E-state index is -2.09. The van der Waals surface area contributed by atoms with Crippen molar-refractivity contribution in [2.45, 2.75) is 139 Å². The minimum Gasteiger partial charge on any atom is -0.481 e. The third kappa shape index (κ3) is 24.6. The first kappa shape index (κ1) is 66.7.